The predicted molar refractivity (Wildman–Crippen MR) is 78.1 cm³/mol. The van der Waals surface area contributed by atoms with Gasteiger partial charge in [-0.3, -0.25) is 4.98 Å². The molecular weight excluding hydrogens is 242 g/mol. The molecule has 0 N–H and O–H groups in total. The number of aryl methyl sites for hydroxylation is 1. The molecule has 0 aromatic carbocycles. The summed E-state index contributed by atoms with van der Waals surface area (Å²) in [7, 11) is 0. The topological polar surface area (TPSA) is 12.9 Å². The third-order valence-electron chi connectivity index (χ3n) is 4.62. The molecule has 18 heavy (non-hydrogen) atoms. The number of rotatable bonds is 2. The van der Waals surface area contributed by atoms with Gasteiger partial charge in [-0.1, -0.05) is 33.3 Å². The first kappa shape index (κ1) is 13.9. The molecule has 100 valence electrons. The van der Waals surface area contributed by atoms with Crippen molar-refractivity contribution in [2.24, 2.45) is 11.8 Å². The Labute approximate surface area is 116 Å². The first-order chi connectivity index (χ1) is 8.41. The average Bonchev–Trinajstić information content (AvgIpc) is 2.29. The Morgan fingerprint density at radius 2 is 2.00 bits per heavy atom. The fourth-order valence-electron chi connectivity index (χ4n) is 3.19. The van der Waals surface area contributed by atoms with Gasteiger partial charge in [-0.05, 0) is 48.6 Å². The molecule has 1 aromatic heterocycles. The zero-order chi connectivity index (χ0) is 13.3. The molecule has 3 unspecified atom stereocenters. The quantitative estimate of drug-likeness (QED) is 0.706. The van der Waals surface area contributed by atoms with Crippen molar-refractivity contribution < 1.29 is 0 Å². The molecule has 1 nitrogen and oxygen atoms in total. The minimum atomic E-state index is 0.118. The lowest BCUT2D eigenvalue weighted by Crippen LogP contribution is -2.38. The van der Waals surface area contributed by atoms with Gasteiger partial charge < -0.3 is 0 Å². The van der Waals surface area contributed by atoms with E-state index in [4.69, 9.17) is 11.6 Å². The lowest BCUT2D eigenvalue weighted by Gasteiger charge is -2.42. The predicted octanol–water partition coefficient (Wildman–Crippen LogP) is 4.71. The van der Waals surface area contributed by atoms with Crippen LogP contribution in [0.5, 0.6) is 0 Å². The van der Waals surface area contributed by atoms with E-state index in [9.17, 15) is 0 Å². The molecule has 1 aliphatic rings. The third kappa shape index (κ3) is 2.71. The number of aromatic nitrogens is 1. The molecule has 0 bridgehead atoms. The first-order valence-electron chi connectivity index (χ1n) is 6.98. The molecule has 1 saturated carbocycles. The van der Waals surface area contributed by atoms with Gasteiger partial charge in [-0.2, -0.15) is 0 Å². The van der Waals surface area contributed by atoms with Gasteiger partial charge in [-0.15, -0.1) is 11.6 Å². The summed E-state index contributed by atoms with van der Waals surface area (Å²) in [5.74, 6) is 1.33. The molecule has 0 radical (unpaired) electrons. The number of nitrogens with zero attached hydrogens (tertiary/aromatic N) is 1. The largest absolute Gasteiger partial charge is 0.261 e. The summed E-state index contributed by atoms with van der Waals surface area (Å²) < 4.78 is 0. The van der Waals surface area contributed by atoms with Crippen molar-refractivity contribution in [2.45, 2.75) is 57.7 Å². The highest BCUT2D eigenvalue weighted by molar-refractivity contribution is 6.20. The third-order valence-corrected chi connectivity index (χ3v) is 5.10. The molecule has 2 rings (SSSR count). The second-order valence-electron chi connectivity index (χ2n) is 6.45. The molecule has 1 heterocycles. The van der Waals surface area contributed by atoms with E-state index in [0.717, 1.165) is 18.0 Å². The van der Waals surface area contributed by atoms with Crippen molar-refractivity contribution >= 4 is 11.6 Å². The number of pyridine rings is 1. The van der Waals surface area contributed by atoms with Gasteiger partial charge in [0.15, 0.2) is 0 Å². The van der Waals surface area contributed by atoms with E-state index in [1.54, 1.807) is 0 Å². The van der Waals surface area contributed by atoms with Crippen LogP contribution in [0.4, 0.5) is 0 Å². The van der Waals surface area contributed by atoms with Gasteiger partial charge in [0.2, 0.25) is 0 Å². The van der Waals surface area contributed by atoms with Crippen LogP contribution in [0, 0.1) is 18.8 Å². The molecule has 0 saturated heterocycles. The van der Waals surface area contributed by atoms with Crippen LogP contribution in [0.1, 0.15) is 51.3 Å². The Morgan fingerprint density at radius 1 is 1.28 bits per heavy atom. The molecule has 3 atom stereocenters. The normalized spacial score (nSPS) is 29.3. The molecule has 1 aromatic rings. The van der Waals surface area contributed by atoms with E-state index in [-0.39, 0.29) is 5.41 Å². The van der Waals surface area contributed by atoms with Crippen LogP contribution in [0.3, 0.4) is 0 Å². The number of hydrogen-bond donors (Lipinski definition) is 0. The monoisotopic (exact) mass is 265 g/mol. The Balaban J connectivity index is 2.22. The summed E-state index contributed by atoms with van der Waals surface area (Å²) in [6.07, 6.45) is 5.71. The first-order valence-corrected chi connectivity index (χ1v) is 7.42. The van der Waals surface area contributed by atoms with Crippen molar-refractivity contribution in [1.82, 2.24) is 4.98 Å². The summed E-state index contributed by atoms with van der Waals surface area (Å²) in [6, 6.07) is 4.32. The molecule has 0 amide bonds. The molecule has 0 aliphatic heterocycles. The zero-order valence-corrected chi connectivity index (χ0v) is 12.7. The van der Waals surface area contributed by atoms with E-state index < -0.39 is 0 Å². The van der Waals surface area contributed by atoms with Gasteiger partial charge in [0.05, 0.1) is 0 Å². The maximum absolute atomic E-state index is 6.62. The van der Waals surface area contributed by atoms with Gasteiger partial charge in [0, 0.05) is 17.3 Å². The van der Waals surface area contributed by atoms with Crippen molar-refractivity contribution in [1.29, 1.82) is 0 Å². The minimum Gasteiger partial charge on any atom is -0.261 e. The summed E-state index contributed by atoms with van der Waals surface area (Å²) in [5.41, 5.74) is 2.51. The highest BCUT2D eigenvalue weighted by Crippen LogP contribution is 2.44. The molecule has 1 aliphatic carbocycles. The maximum Gasteiger partial charge on any atom is 0.0375 e. The SMILES string of the molecule is Cc1ccc(C(C)(C)C2CCC(C)CC2Cl)cn1. The van der Waals surface area contributed by atoms with Crippen LogP contribution < -0.4 is 0 Å². The van der Waals surface area contributed by atoms with Crippen molar-refractivity contribution in [3.63, 3.8) is 0 Å². The average molecular weight is 266 g/mol. The second-order valence-corrected chi connectivity index (χ2v) is 7.01. The Bertz CT molecular complexity index is 396. The standard InChI is InChI=1S/C16H24ClN/c1-11-5-8-14(15(17)9-11)16(3,4)13-7-6-12(2)18-10-13/h6-7,10-11,14-15H,5,8-9H2,1-4H3. The van der Waals surface area contributed by atoms with Crippen LogP contribution in [0.2, 0.25) is 0 Å². The maximum atomic E-state index is 6.62. The number of alkyl halides is 1. The zero-order valence-electron chi connectivity index (χ0n) is 11.9. The fraction of sp³-hybridized carbons (Fsp3) is 0.688. The van der Waals surface area contributed by atoms with E-state index in [0.29, 0.717) is 11.3 Å². The van der Waals surface area contributed by atoms with E-state index in [1.807, 2.05) is 13.1 Å². The van der Waals surface area contributed by atoms with Crippen molar-refractivity contribution in [3.05, 3.63) is 29.6 Å². The lowest BCUT2D eigenvalue weighted by molar-refractivity contribution is 0.207. The smallest absolute Gasteiger partial charge is 0.0375 e. The van der Waals surface area contributed by atoms with Gasteiger partial charge >= 0.3 is 0 Å². The minimum absolute atomic E-state index is 0.118. The van der Waals surface area contributed by atoms with Crippen molar-refractivity contribution in [2.75, 3.05) is 0 Å². The Kier molecular flexibility index (Phi) is 4.01. The number of halogens is 1. The van der Waals surface area contributed by atoms with Crippen LogP contribution in [0.15, 0.2) is 18.3 Å². The summed E-state index contributed by atoms with van der Waals surface area (Å²) >= 11 is 6.62. The lowest BCUT2D eigenvalue weighted by atomic mass is 9.66. The van der Waals surface area contributed by atoms with Crippen LogP contribution in [0.25, 0.3) is 0 Å². The van der Waals surface area contributed by atoms with Gasteiger partial charge in [0.25, 0.3) is 0 Å². The van der Waals surface area contributed by atoms with E-state index in [1.165, 1.54) is 18.4 Å². The molecule has 2 heteroatoms. The fourth-order valence-corrected chi connectivity index (χ4v) is 3.93. The van der Waals surface area contributed by atoms with E-state index in [2.05, 4.69) is 37.9 Å². The highest BCUT2D eigenvalue weighted by Gasteiger charge is 2.39. The Hall–Kier alpha value is -0.560. The summed E-state index contributed by atoms with van der Waals surface area (Å²) in [5, 5.41) is 0.296. The number of hydrogen-bond acceptors (Lipinski definition) is 1. The van der Waals surface area contributed by atoms with E-state index >= 15 is 0 Å². The van der Waals surface area contributed by atoms with Gasteiger partial charge in [0.1, 0.15) is 0 Å². The van der Waals surface area contributed by atoms with Crippen LogP contribution in [-0.4, -0.2) is 10.4 Å². The summed E-state index contributed by atoms with van der Waals surface area (Å²) in [6.45, 7) is 8.97. The van der Waals surface area contributed by atoms with Crippen molar-refractivity contribution in [3.8, 4) is 0 Å². The highest BCUT2D eigenvalue weighted by atomic mass is 35.5. The summed E-state index contributed by atoms with van der Waals surface area (Å²) in [4.78, 5) is 4.44. The molecule has 0 spiro atoms. The second kappa shape index (κ2) is 5.21. The molecule has 1 fully saturated rings. The van der Waals surface area contributed by atoms with Crippen LogP contribution >= 0.6 is 11.6 Å². The van der Waals surface area contributed by atoms with Crippen LogP contribution in [-0.2, 0) is 5.41 Å². The Morgan fingerprint density at radius 3 is 2.56 bits per heavy atom. The molecular formula is C16H24ClN. The van der Waals surface area contributed by atoms with Gasteiger partial charge in [-0.25, -0.2) is 0 Å².